The minimum Gasteiger partial charge on any atom is -0.488 e. The highest BCUT2D eigenvalue weighted by Crippen LogP contribution is 2.33. The number of carbonyl (C=O) groups excluding carboxylic acids is 1. The molecule has 47 heavy (non-hydrogen) atoms. The van der Waals surface area contributed by atoms with Crippen LogP contribution in [0, 0.1) is 0 Å². The van der Waals surface area contributed by atoms with Crippen molar-refractivity contribution in [2.45, 2.75) is 25.4 Å². The molecule has 2 N–H and O–H groups in total. The van der Waals surface area contributed by atoms with Crippen LogP contribution in [0.15, 0.2) is 126 Å². The maximum absolute atomic E-state index is 13.3. The van der Waals surface area contributed by atoms with E-state index in [0.29, 0.717) is 27.1 Å². The van der Waals surface area contributed by atoms with Gasteiger partial charge in [-0.15, -0.1) is 13.2 Å². The van der Waals surface area contributed by atoms with Crippen LogP contribution in [-0.4, -0.2) is 29.4 Å². The van der Waals surface area contributed by atoms with E-state index >= 15 is 0 Å². The lowest BCUT2D eigenvalue weighted by atomic mass is 9.99. The molecule has 0 fully saturated rings. The first-order valence-electron chi connectivity index (χ1n) is 14.3. The number of halogens is 4. The molecule has 1 atom stereocenters. The number of rotatable bonds is 12. The van der Waals surface area contributed by atoms with Crippen LogP contribution < -0.4 is 19.5 Å². The largest absolute Gasteiger partial charge is 0.573 e. The predicted molar refractivity (Wildman–Crippen MR) is 173 cm³/mol. The van der Waals surface area contributed by atoms with Crippen molar-refractivity contribution in [1.82, 2.24) is 5.32 Å². The fourth-order valence-corrected chi connectivity index (χ4v) is 5.02. The summed E-state index contributed by atoms with van der Waals surface area (Å²) in [6, 6.07) is 32.9. The van der Waals surface area contributed by atoms with Crippen LogP contribution in [-0.2, 0) is 17.8 Å². The molecule has 1 unspecified atom stereocenters. The number of carbonyl (C=O) groups is 2. The Morgan fingerprint density at radius 3 is 2.11 bits per heavy atom. The summed E-state index contributed by atoms with van der Waals surface area (Å²) in [6.45, 7) is -0.0670. The van der Waals surface area contributed by atoms with Gasteiger partial charge in [-0.05, 0) is 65.2 Å². The Bertz CT molecular complexity index is 1830. The molecule has 0 saturated heterocycles. The topological polar surface area (TPSA) is 94.1 Å². The molecule has 0 spiro atoms. The van der Waals surface area contributed by atoms with E-state index in [-0.39, 0.29) is 30.1 Å². The van der Waals surface area contributed by atoms with E-state index in [1.54, 1.807) is 18.2 Å². The zero-order valence-corrected chi connectivity index (χ0v) is 26.1. The van der Waals surface area contributed by atoms with Gasteiger partial charge in [0.1, 0.15) is 35.6 Å². The monoisotopic (exact) mass is 705 g/mol. The maximum Gasteiger partial charge on any atom is 0.573 e. The number of para-hydroxylation sites is 2. The van der Waals surface area contributed by atoms with Crippen LogP contribution in [0.2, 0.25) is 0 Å². The number of hydrogen-bond acceptors (Lipinski definition) is 5. The number of alkyl halides is 3. The summed E-state index contributed by atoms with van der Waals surface area (Å²) in [7, 11) is 0. The number of benzene rings is 5. The zero-order chi connectivity index (χ0) is 33.4. The van der Waals surface area contributed by atoms with Gasteiger partial charge >= 0.3 is 12.3 Å². The number of carboxylic acid groups (broad SMARTS) is 1. The maximum atomic E-state index is 13.3. The minimum atomic E-state index is -4.81. The molecular weight excluding hydrogens is 679 g/mol. The van der Waals surface area contributed by atoms with Gasteiger partial charge in [0.15, 0.2) is 0 Å². The van der Waals surface area contributed by atoms with Gasteiger partial charge in [-0.2, -0.15) is 0 Å². The van der Waals surface area contributed by atoms with Gasteiger partial charge in [-0.1, -0.05) is 88.7 Å². The third-order valence-electron chi connectivity index (χ3n) is 6.90. The Morgan fingerprint density at radius 1 is 0.766 bits per heavy atom. The van der Waals surface area contributed by atoms with Gasteiger partial charge in [-0.3, -0.25) is 4.79 Å². The quantitative estimate of drug-likeness (QED) is 0.135. The smallest absolute Gasteiger partial charge is 0.488 e. The average Bonchev–Trinajstić information content (AvgIpc) is 3.05. The Hall–Kier alpha value is -5.29. The summed E-state index contributed by atoms with van der Waals surface area (Å²) in [5.74, 6) is -0.743. The second-order valence-electron chi connectivity index (χ2n) is 10.3. The summed E-state index contributed by atoms with van der Waals surface area (Å²) in [5.41, 5.74) is 3.02. The first-order valence-corrected chi connectivity index (χ1v) is 15.1. The number of aliphatic carboxylic acids is 1. The van der Waals surface area contributed by atoms with Crippen LogP contribution >= 0.6 is 15.9 Å². The van der Waals surface area contributed by atoms with Crippen LogP contribution in [0.4, 0.5) is 13.2 Å². The molecule has 0 aliphatic carbocycles. The minimum absolute atomic E-state index is 0.0139. The number of carboxylic acids is 1. The van der Waals surface area contributed by atoms with Crippen molar-refractivity contribution in [3.63, 3.8) is 0 Å². The molecule has 0 aliphatic rings. The first kappa shape index (κ1) is 33.1. The molecule has 0 bridgehead atoms. The molecule has 0 aliphatic heterocycles. The molecule has 11 heteroatoms. The molecular formula is C36H27BrF3NO6. The SMILES string of the molecule is O=C(NC(Cc1ccc(-c2ccccc2Oc2ccccc2)cc1)C(=O)O)c1cc(Br)ccc1OCc1ccc(OC(F)(F)F)cc1. The Kier molecular flexibility index (Phi) is 10.5. The summed E-state index contributed by atoms with van der Waals surface area (Å²) in [5, 5.41) is 12.5. The second-order valence-corrected chi connectivity index (χ2v) is 11.2. The average molecular weight is 707 g/mol. The summed E-state index contributed by atoms with van der Waals surface area (Å²) < 4.78 is 53.7. The predicted octanol–water partition coefficient (Wildman–Crippen LogP) is 8.81. The highest BCUT2D eigenvalue weighted by Gasteiger charge is 2.31. The van der Waals surface area contributed by atoms with E-state index in [0.717, 1.165) is 23.3 Å². The third kappa shape index (κ3) is 9.36. The standard InChI is InChI=1S/C36H27BrF3NO6/c37-26-16-19-32(45-22-24-12-17-28(18-13-24)47-36(38,39)40)30(21-26)34(42)41-31(35(43)44)20-23-10-14-25(15-11-23)29-8-4-5-9-33(29)46-27-6-2-1-3-7-27/h1-19,21,31H,20,22H2,(H,41,42)(H,43,44). The van der Waals surface area contributed by atoms with Crippen LogP contribution in [0.3, 0.4) is 0 Å². The number of hydrogen-bond donors (Lipinski definition) is 2. The first-order chi connectivity index (χ1) is 22.5. The summed E-state index contributed by atoms with van der Waals surface area (Å²) in [4.78, 5) is 25.5. The molecule has 5 aromatic rings. The molecule has 0 heterocycles. The molecule has 5 aromatic carbocycles. The molecule has 0 saturated carbocycles. The number of ether oxygens (including phenoxy) is 3. The lowest BCUT2D eigenvalue weighted by Crippen LogP contribution is -2.42. The second kappa shape index (κ2) is 14.9. The Labute approximate surface area is 276 Å². The van der Waals surface area contributed by atoms with E-state index in [9.17, 15) is 27.9 Å². The van der Waals surface area contributed by atoms with Gasteiger partial charge in [0.25, 0.3) is 5.91 Å². The lowest BCUT2D eigenvalue weighted by Gasteiger charge is -2.17. The van der Waals surface area contributed by atoms with E-state index in [1.165, 1.54) is 24.3 Å². The van der Waals surface area contributed by atoms with Crippen LogP contribution in [0.5, 0.6) is 23.0 Å². The van der Waals surface area contributed by atoms with E-state index in [4.69, 9.17) is 9.47 Å². The van der Waals surface area contributed by atoms with Gasteiger partial charge in [-0.25, -0.2) is 4.79 Å². The van der Waals surface area contributed by atoms with Crippen LogP contribution in [0.25, 0.3) is 11.1 Å². The van der Waals surface area contributed by atoms with Gasteiger partial charge < -0.3 is 24.6 Å². The van der Waals surface area contributed by atoms with Crippen molar-refractivity contribution in [1.29, 1.82) is 0 Å². The molecule has 5 rings (SSSR count). The van der Waals surface area contributed by atoms with Gasteiger partial charge in [0, 0.05) is 16.5 Å². The Morgan fingerprint density at radius 2 is 1.43 bits per heavy atom. The molecule has 1 amide bonds. The Balaban J connectivity index is 1.26. The summed E-state index contributed by atoms with van der Waals surface area (Å²) >= 11 is 3.32. The lowest BCUT2D eigenvalue weighted by molar-refractivity contribution is -0.274. The molecule has 0 radical (unpaired) electrons. The fourth-order valence-electron chi connectivity index (χ4n) is 4.66. The van der Waals surface area contributed by atoms with E-state index in [2.05, 4.69) is 26.0 Å². The van der Waals surface area contributed by atoms with Crippen molar-refractivity contribution >= 4 is 27.8 Å². The van der Waals surface area contributed by atoms with Crippen molar-refractivity contribution in [2.24, 2.45) is 0 Å². The van der Waals surface area contributed by atoms with Crippen molar-refractivity contribution < 1.29 is 42.1 Å². The van der Waals surface area contributed by atoms with E-state index < -0.39 is 24.3 Å². The van der Waals surface area contributed by atoms with E-state index in [1.807, 2.05) is 66.7 Å². The van der Waals surface area contributed by atoms with Crippen molar-refractivity contribution in [3.05, 3.63) is 142 Å². The van der Waals surface area contributed by atoms with Crippen LogP contribution in [0.1, 0.15) is 21.5 Å². The third-order valence-corrected chi connectivity index (χ3v) is 7.40. The number of nitrogens with one attached hydrogen (secondary N) is 1. The molecule has 7 nitrogen and oxygen atoms in total. The van der Waals surface area contributed by atoms with Crippen molar-refractivity contribution in [3.8, 4) is 34.1 Å². The fraction of sp³-hybridized carbons (Fsp3) is 0.111. The number of amides is 1. The van der Waals surface area contributed by atoms with Crippen molar-refractivity contribution in [2.75, 3.05) is 0 Å². The molecule has 240 valence electrons. The highest BCUT2D eigenvalue weighted by atomic mass is 79.9. The normalized spacial score (nSPS) is 11.7. The van der Waals surface area contributed by atoms with Gasteiger partial charge in [0.2, 0.25) is 0 Å². The summed E-state index contributed by atoms with van der Waals surface area (Å²) in [6.07, 6.45) is -4.79. The zero-order valence-electron chi connectivity index (χ0n) is 24.5. The highest BCUT2D eigenvalue weighted by molar-refractivity contribution is 9.10. The molecule has 0 aromatic heterocycles. The van der Waals surface area contributed by atoms with Gasteiger partial charge in [0.05, 0.1) is 5.56 Å².